The molecule has 1 saturated heterocycles. The summed E-state index contributed by atoms with van der Waals surface area (Å²) in [5.74, 6) is -0.395. The molecule has 0 aromatic carbocycles. The Kier molecular flexibility index (Phi) is 3.02. The molecule has 1 amide bonds. The molecule has 0 aliphatic carbocycles. The zero-order valence-electron chi connectivity index (χ0n) is 11.1. The summed E-state index contributed by atoms with van der Waals surface area (Å²) in [6.45, 7) is 3.77. The summed E-state index contributed by atoms with van der Waals surface area (Å²) in [5.41, 5.74) is 0.185. The van der Waals surface area contributed by atoms with Gasteiger partial charge in [-0.05, 0) is 12.1 Å². The average Bonchev–Trinajstić information content (AvgIpc) is 2.43. The Morgan fingerprint density at radius 1 is 1.50 bits per heavy atom. The summed E-state index contributed by atoms with van der Waals surface area (Å²) in [7, 11) is 0. The molecule has 6 heteroatoms. The number of fused-ring (bicyclic) bond motifs is 1. The highest BCUT2D eigenvalue weighted by molar-refractivity contribution is 5.93. The Hall–Kier alpha value is -2.21. The van der Waals surface area contributed by atoms with E-state index >= 15 is 0 Å². The SMILES string of the molecule is CC1(CNC(=O)c2cnc3ccccn3c2=O)COC1. The maximum atomic E-state index is 12.2. The molecule has 0 saturated carbocycles. The lowest BCUT2D eigenvalue weighted by Gasteiger charge is -2.37. The standard InChI is InChI=1S/C14H15N3O3/c1-14(8-20-9-14)7-16-12(18)10-6-15-11-4-2-3-5-17(11)13(10)19/h2-6H,7-9H2,1H3,(H,16,18). The van der Waals surface area contributed by atoms with Crippen LogP contribution in [0.4, 0.5) is 0 Å². The van der Waals surface area contributed by atoms with E-state index in [0.29, 0.717) is 25.4 Å². The number of hydrogen-bond acceptors (Lipinski definition) is 4. The van der Waals surface area contributed by atoms with Crippen LogP contribution >= 0.6 is 0 Å². The van der Waals surface area contributed by atoms with Crippen molar-refractivity contribution in [2.75, 3.05) is 19.8 Å². The molecule has 20 heavy (non-hydrogen) atoms. The summed E-state index contributed by atoms with van der Waals surface area (Å²) in [6.07, 6.45) is 2.93. The number of ether oxygens (including phenoxy) is 1. The van der Waals surface area contributed by atoms with Gasteiger partial charge in [0.2, 0.25) is 0 Å². The molecular formula is C14H15N3O3. The first kappa shape index (κ1) is 12.8. The van der Waals surface area contributed by atoms with Gasteiger partial charge in [0, 0.05) is 24.4 Å². The topological polar surface area (TPSA) is 72.7 Å². The maximum Gasteiger partial charge on any atom is 0.270 e. The van der Waals surface area contributed by atoms with E-state index in [4.69, 9.17) is 4.74 Å². The molecule has 1 N–H and O–H groups in total. The number of carbonyl (C=O) groups excluding carboxylic acids is 1. The van der Waals surface area contributed by atoms with E-state index < -0.39 is 5.91 Å². The number of carbonyl (C=O) groups is 1. The summed E-state index contributed by atoms with van der Waals surface area (Å²) in [5, 5.41) is 2.77. The van der Waals surface area contributed by atoms with Gasteiger partial charge in [-0.15, -0.1) is 0 Å². The average molecular weight is 273 g/mol. The normalized spacial score (nSPS) is 16.6. The van der Waals surface area contributed by atoms with Crippen LogP contribution in [0.5, 0.6) is 0 Å². The third-order valence-electron chi connectivity index (χ3n) is 3.43. The monoisotopic (exact) mass is 273 g/mol. The number of nitrogens with one attached hydrogen (secondary N) is 1. The smallest absolute Gasteiger partial charge is 0.270 e. The van der Waals surface area contributed by atoms with Gasteiger partial charge in [0.25, 0.3) is 11.5 Å². The minimum absolute atomic E-state index is 0.0316. The van der Waals surface area contributed by atoms with Gasteiger partial charge >= 0.3 is 0 Å². The van der Waals surface area contributed by atoms with Crippen molar-refractivity contribution >= 4 is 11.6 Å². The molecule has 3 heterocycles. The van der Waals surface area contributed by atoms with Crippen LogP contribution in [-0.2, 0) is 4.74 Å². The van der Waals surface area contributed by atoms with E-state index in [9.17, 15) is 9.59 Å². The van der Waals surface area contributed by atoms with E-state index in [-0.39, 0.29) is 16.5 Å². The maximum absolute atomic E-state index is 12.2. The van der Waals surface area contributed by atoms with E-state index in [1.165, 1.54) is 10.6 Å². The predicted octanol–water partition coefficient (Wildman–Crippen LogP) is 0.461. The Bertz CT molecular complexity index is 719. The molecular weight excluding hydrogens is 258 g/mol. The minimum Gasteiger partial charge on any atom is -0.380 e. The number of aromatic nitrogens is 2. The summed E-state index contributed by atoms with van der Waals surface area (Å²) < 4.78 is 6.49. The van der Waals surface area contributed by atoms with Crippen molar-refractivity contribution in [3.05, 3.63) is 46.5 Å². The fourth-order valence-corrected chi connectivity index (χ4v) is 2.12. The minimum atomic E-state index is -0.395. The lowest BCUT2D eigenvalue weighted by molar-refractivity contribution is -0.0978. The first-order valence-electron chi connectivity index (χ1n) is 6.41. The summed E-state index contributed by atoms with van der Waals surface area (Å²) in [6, 6.07) is 5.24. The first-order chi connectivity index (χ1) is 9.59. The highest BCUT2D eigenvalue weighted by Gasteiger charge is 2.33. The highest BCUT2D eigenvalue weighted by atomic mass is 16.5. The first-order valence-corrected chi connectivity index (χ1v) is 6.41. The molecule has 0 unspecified atom stereocenters. The molecule has 0 bridgehead atoms. The summed E-state index contributed by atoms with van der Waals surface area (Å²) >= 11 is 0. The summed E-state index contributed by atoms with van der Waals surface area (Å²) in [4.78, 5) is 28.4. The number of hydrogen-bond donors (Lipinski definition) is 1. The second-order valence-corrected chi connectivity index (χ2v) is 5.39. The third-order valence-corrected chi connectivity index (χ3v) is 3.43. The molecule has 6 nitrogen and oxygen atoms in total. The lowest BCUT2D eigenvalue weighted by atomic mass is 9.89. The largest absolute Gasteiger partial charge is 0.380 e. The van der Waals surface area contributed by atoms with Gasteiger partial charge in [-0.1, -0.05) is 13.0 Å². The van der Waals surface area contributed by atoms with Gasteiger partial charge in [-0.25, -0.2) is 4.98 Å². The van der Waals surface area contributed by atoms with Crippen LogP contribution in [0, 0.1) is 5.41 Å². The van der Waals surface area contributed by atoms with Crippen LogP contribution in [0.3, 0.4) is 0 Å². The number of rotatable bonds is 3. The van der Waals surface area contributed by atoms with Crippen molar-refractivity contribution in [2.24, 2.45) is 5.41 Å². The molecule has 2 aromatic heterocycles. The van der Waals surface area contributed by atoms with Crippen LogP contribution in [0.1, 0.15) is 17.3 Å². The fourth-order valence-electron chi connectivity index (χ4n) is 2.12. The number of nitrogens with zero attached hydrogens (tertiary/aromatic N) is 2. The van der Waals surface area contributed by atoms with Crippen LogP contribution in [0.25, 0.3) is 5.65 Å². The Labute approximate surface area is 115 Å². The Morgan fingerprint density at radius 2 is 2.30 bits per heavy atom. The molecule has 1 fully saturated rings. The van der Waals surface area contributed by atoms with Gasteiger partial charge in [-0.2, -0.15) is 0 Å². The van der Waals surface area contributed by atoms with Gasteiger partial charge in [0.1, 0.15) is 11.2 Å². The second-order valence-electron chi connectivity index (χ2n) is 5.39. The number of pyridine rings is 1. The van der Waals surface area contributed by atoms with Crippen LogP contribution in [0.15, 0.2) is 35.4 Å². The quantitative estimate of drug-likeness (QED) is 0.882. The van der Waals surface area contributed by atoms with E-state index in [1.807, 2.05) is 6.92 Å². The predicted molar refractivity (Wildman–Crippen MR) is 72.7 cm³/mol. The number of amides is 1. The van der Waals surface area contributed by atoms with Crippen molar-refractivity contribution in [2.45, 2.75) is 6.92 Å². The molecule has 1 aliphatic rings. The van der Waals surface area contributed by atoms with Crippen molar-refractivity contribution in [3.8, 4) is 0 Å². The Balaban J connectivity index is 1.84. The van der Waals surface area contributed by atoms with Crippen molar-refractivity contribution in [1.82, 2.24) is 14.7 Å². The molecule has 1 aliphatic heterocycles. The van der Waals surface area contributed by atoms with E-state index in [2.05, 4.69) is 10.3 Å². The lowest BCUT2D eigenvalue weighted by Crippen LogP contribution is -2.49. The van der Waals surface area contributed by atoms with Crippen LogP contribution in [-0.4, -0.2) is 35.1 Å². The van der Waals surface area contributed by atoms with Gasteiger partial charge < -0.3 is 10.1 Å². The van der Waals surface area contributed by atoms with Gasteiger partial charge in [0.15, 0.2) is 0 Å². The second kappa shape index (κ2) is 4.72. The van der Waals surface area contributed by atoms with Crippen LogP contribution in [0.2, 0.25) is 0 Å². The molecule has 0 atom stereocenters. The highest BCUT2D eigenvalue weighted by Crippen LogP contribution is 2.25. The van der Waals surface area contributed by atoms with Crippen molar-refractivity contribution < 1.29 is 9.53 Å². The molecule has 2 aromatic rings. The van der Waals surface area contributed by atoms with Gasteiger partial charge in [0.05, 0.1) is 13.2 Å². The van der Waals surface area contributed by atoms with Gasteiger partial charge in [-0.3, -0.25) is 14.0 Å². The zero-order valence-corrected chi connectivity index (χ0v) is 11.1. The molecule has 0 radical (unpaired) electrons. The third kappa shape index (κ3) is 2.18. The Morgan fingerprint density at radius 3 is 3.00 bits per heavy atom. The van der Waals surface area contributed by atoms with E-state index in [0.717, 1.165) is 0 Å². The molecule has 0 spiro atoms. The molecule has 3 rings (SSSR count). The van der Waals surface area contributed by atoms with E-state index in [1.54, 1.807) is 24.4 Å². The van der Waals surface area contributed by atoms with Crippen molar-refractivity contribution in [1.29, 1.82) is 0 Å². The fraction of sp³-hybridized carbons (Fsp3) is 0.357. The van der Waals surface area contributed by atoms with Crippen molar-refractivity contribution in [3.63, 3.8) is 0 Å². The molecule has 104 valence electrons. The van der Waals surface area contributed by atoms with Crippen LogP contribution < -0.4 is 10.9 Å². The zero-order chi connectivity index (χ0) is 14.2.